The van der Waals surface area contributed by atoms with E-state index in [2.05, 4.69) is 20.8 Å². The number of benzene rings is 1. The summed E-state index contributed by atoms with van der Waals surface area (Å²) >= 11 is 0. The first-order valence-electron chi connectivity index (χ1n) is 8.57. The fourth-order valence-corrected chi connectivity index (χ4v) is 2.92. The number of fused-ring (bicyclic) bond motifs is 1. The van der Waals surface area contributed by atoms with Crippen LogP contribution < -0.4 is 20.3 Å². The Hall–Kier alpha value is -3.16. The van der Waals surface area contributed by atoms with Crippen molar-refractivity contribution < 1.29 is 14.3 Å². The van der Waals surface area contributed by atoms with Gasteiger partial charge in [-0.3, -0.25) is 9.59 Å². The van der Waals surface area contributed by atoms with Crippen LogP contribution in [0.2, 0.25) is 0 Å². The van der Waals surface area contributed by atoms with Gasteiger partial charge >= 0.3 is 0 Å². The second-order valence-electron chi connectivity index (χ2n) is 6.27. The van der Waals surface area contributed by atoms with Crippen LogP contribution in [0.3, 0.4) is 0 Å². The molecule has 0 radical (unpaired) electrons. The molecule has 1 fully saturated rings. The summed E-state index contributed by atoms with van der Waals surface area (Å²) in [6.07, 6.45) is 1.80. The van der Waals surface area contributed by atoms with E-state index in [1.165, 1.54) is 0 Å². The van der Waals surface area contributed by atoms with Crippen molar-refractivity contribution >= 4 is 29.0 Å². The fourth-order valence-electron chi connectivity index (χ4n) is 2.92. The van der Waals surface area contributed by atoms with Gasteiger partial charge in [0.25, 0.3) is 5.91 Å². The Morgan fingerprint density at radius 2 is 2.00 bits per heavy atom. The monoisotopic (exact) mass is 353 g/mol. The van der Waals surface area contributed by atoms with Gasteiger partial charge in [-0.25, -0.2) is 0 Å². The van der Waals surface area contributed by atoms with E-state index < -0.39 is 0 Å². The van der Waals surface area contributed by atoms with Gasteiger partial charge in [-0.1, -0.05) is 12.1 Å². The minimum Gasteiger partial charge on any atom is -0.490 e. The van der Waals surface area contributed by atoms with Crippen molar-refractivity contribution in [2.45, 2.75) is 12.8 Å². The first-order chi connectivity index (χ1) is 12.7. The second-order valence-corrected chi connectivity index (χ2v) is 6.27. The maximum atomic E-state index is 12.3. The van der Waals surface area contributed by atoms with E-state index in [0.717, 1.165) is 24.3 Å². The van der Waals surface area contributed by atoms with E-state index >= 15 is 0 Å². The zero-order valence-corrected chi connectivity index (χ0v) is 14.4. The Kier molecular flexibility index (Phi) is 4.16. The van der Waals surface area contributed by atoms with Crippen LogP contribution in [0, 0.1) is 5.92 Å². The summed E-state index contributed by atoms with van der Waals surface area (Å²) in [6.45, 7) is 1.04. The van der Waals surface area contributed by atoms with Crippen LogP contribution in [0.15, 0.2) is 30.3 Å². The van der Waals surface area contributed by atoms with Crippen molar-refractivity contribution in [3.8, 4) is 5.75 Å². The highest BCUT2D eigenvalue weighted by Gasteiger charge is 2.31. The molecule has 1 aromatic carbocycles. The Bertz CT molecular complexity index is 866. The number of para-hydroxylation sites is 2. The summed E-state index contributed by atoms with van der Waals surface area (Å²) in [6, 6.07) is 9.30. The minimum absolute atomic E-state index is 0.0553. The molecule has 8 nitrogen and oxygen atoms in total. The van der Waals surface area contributed by atoms with Crippen molar-refractivity contribution in [2.75, 3.05) is 30.4 Å². The second kappa shape index (κ2) is 6.62. The largest absolute Gasteiger partial charge is 0.490 e. The summed E-state index contributed by atoms with van der Waals surface area (Å²) in [5.41, 5.74) is 1.63. The smallest absolute Gasteiger partial charge is 0.273 e. The highest BCUT2D eigenvalue weighted by atomic mass is 16.5. The molecule has 0 saturated heterocycles. The van der Waals surface area contributed by atoms with Gasteiger partial charge in [-0.05, 0) is 25.0 Å². The molecule has 2 heterocycles. The number of carbonyl (C=O) groups excluding carboxylic acids is 2. The van der Waals surface area contributed by atoms with E-state index in [4.69, 9.17) is 4.74 Å². The molecule has 2 aromatic rings. The van der Waals surface area contributed by atoms with Gasteiger partial charge < -0.3 is 20.3 Å². The van der Waals surface area contributed by atoms with Crippen LogP contribution in [-0.2, 0) is 4.79 Å². The highest BCUT2D eigenvalue weighted by molar-refractivity contribution is 6.00. The summed E-state index contributed by atoms with van der Waals surface area (Å²) in [5, 5.41) is 13.5. The summed E-state index contributed by atoms with van der Waals surface area (Å²) in [4.78, 5) is 26.3. The van der Waals surface area contributed by atoms with Crippen molar-refractivity contribution in [1.29, 1.82) is 0 Å². The predicted molar refractivity (Wildman–Crippen MR) is 95.7 cm³/mol. The van der Waals surface area contributed by atoms with Crippen molar-refractivity contribution in [1.82, 2.24) is 15.5 Å². The van der Waals surface area contributed by atoms with Gasteiger partial charge in [0.2, 0.25) is 5.91 Å². The summed E-state index contributed by atoms with van der Waals surface area (Å²) < 4.78 is 5.69. The molecule has 2 aliphatic rings. The highest BCUT2D eigenvalue weighted by Crippen LogP contribution is 2.38. The first-order valence-corrected chi connectivity index (χ1v) is 8.57. The van der Waals surface area contributed by atoms with Crippen LogP contribution in [0.25, 0.3) is 0 Å². The molecule has 0 bridgehead atoms. The first kappa shape index (κ1) is 16.3. The topological polar surface area (TPSA) is 96.4 Å². The van der Waals surface area contributed by atoms with Crippen LogP contribution in [0.5, 0.6) is 5.75 Å². The Morgan fingerprint density at radius 1 is 1.19 bits per heavy atom. The number of carbonyl (C=O) groups is 2. The van der Waals surface area contributed by atoms with Gasteiger partial charge in [-0.15, -0.1) is 10.2 Å². The van der Waals surface area contributed by atoms with E-state index in [1.54, 1.807) is 13.1 Å². The molecule has 8 heteroatoms. The number of ether oxygens (including phenoxy) is 1. The molecule has 26 heavy (non-hydrogen) atoms. The van der Waals surface area contributed by atoms with Gasteiger partial charge in [-0.2, -0.15) is 0 Å². The third-order valence-corrected chi connectivity index (χ3v) is 4.43. The Labute approximate surface area is 150 Å². The third-order valence-electron chi connectivity index (χ3n) is 4.43. The lowest BCUT2D eigenvalue weighted by molar-refractivity contribution is -0.117. The molecule has 1 saturated carbocycles. The number of hydrogen-bond acceptors (Lipinski definition) is 6. The SMILES string of the molecule is CNC(=O)c1nnc(NC(=O)C2CC2)cc1N1CCOc2ccccc21. The molecule has 0 atom stereocenters. The molecule has 2 amide bonds. The molecule has 0 unspecified atom stereocenters. The third kappa shape index (κ3) is 3.05. The van der Waals surface area contributed by atoms with Crippen LogP contribution in [0.1, 0.15) is 23.3 Å². The number of anilines is 3. The van der Waals surface area contributed by atoms with Gasteiger partial charge in [0.1, 0.15) is 12.4 Å². The standard InChI is InChI=1S/C18H19N5O3/c1-19-18(25)16-13(10-15(21-22-16)20-17(24)11-6-7-11)23-8-9-26-14-5-3-2-4-12(14)23/h2-5,10-11H,6-9H2,1H3,(H,19,25)(H,20,21,24). The van der Waals surface area contributed by atoms with E-state index in [1.807, 2.05) is 29.2 Å². The van der Waals surface area contributed by atoms with Crippen LogP contribution >= 0.6 is 0 Å². The summed E-state index contributed by atoms with van der Waals surface area (Å²) in [7, 11) is 1.55. The Balaban J connectivity index is 1.74. The molecule has 134 valence electrons. The molecule has 1 aliphatic heterocycles. The van der Waals surface area contributed by atoms with Gasteiger partial charge in [0.05, 0.1) is 17.9 Å². The van der Waals surface area contributed by atoms with E-state index in [-0.39, 0.29) is 23.4 Å². The normalized spacial score (nSPS) is 15.7. The lowest BCUT2D eigenvalue weighted by atomic mass is 10.2. The number of nitrogens with zero attached hydrogens (tertiary/aromatic N) is 3. The number of rotatable bonds is 4. The minimum atomic E-state index is -0.337. The van der Waals surface area contributed by atoms with E-state index in [0.29, 0.717) is 24.7 Å². The average Bonchev–Trinajstić information content (AvgIpc) is 3.52. The number of amides is 2. The van der Waals surface area contributed by atoms with Crippen molar-refractivity contribution in [3.05, 3.63) is 36.0 Å². The number of aromatic nitrogens is 2. The molecular formula is C18H19N5O3. The lowest BCUT2D eigenvalue weighted by Gasteiger charge is -2.32. The maximum Gasteiger partial charge on any atom is 0.273 e. The predicted octanol–water partition coefficient (Wildman–Crippen LogP) is 1.72. The van der Waals surface area contributed by atoms with Gasteiger partial charge in [0, 0.05) is 19.0 Å². The molecule has 4 rings (SSSR count). The molecular weight excluding hydrogens is 334 g/mol. The average molecular weight is 353 g/mol. The molecule has 1 aliphatic carbocycles. The number of nitrogens with one attached hydrogen (secondary N) is 2. The molecule has 1 aromatic heterocycles. The van der Waals surface area contributed by atoms with Crippen LogP contribution in [-0.4, -0.2) is 42.2 Å². The van der Waals surface area contributed by atoms with Crippen molar-refractivity contribution in [3.63, 3.8) is 0 Å². The van der Waals surface area contributed by atoms with Gasteiger partial charge in [0.15, 0.2) is 11.5 Å². The Morgan fingerprint density at radius 3 is 2.77 bits per heavy atom. The summed E-state index contributed by atoms with van der Waals surface area (Å²) in [5.74, 6) is 0.746. The van der Waals surface area contributed by atoms with Crippen LogP contribution in [0.4, 0.5) is 17.2 Å². The fraction of sp³-hybridized carbons (Fsp3) is 0.333. The zero-order chi connectivity index (χ0) is 18.1. The maximum absolute atomic E-state index is 12.3. The quantitative estimate of drug-likeness (QED) is 0.869. The van der Waals surface area contributed by atoms with Crippen molar-refractivity contribution in [2.24, 2.45) is 5.92 Å². The zero-order valence-electron chi connectivity index (χ0n) is 14.4. The molecule has 2 N–H and O–H groups in total. The van der Waals surface area contributed by atoms with E-state index in [9.17, 15) is 9.59 Å². The number of hydrogen-bond donors (Lipinski definition) is 2. The molecule has 0 spiro atoms. The lowest BCUT2D eigenvalue weighted by Crippen LogP contribution is -2.32.